The van der Waals surface area contributed by atoms with Crippen molar-refractivity contribution in [2.45, 2.75) is 38.0 Å². The summed E-state index contributed by atoms with van der Waals surface area (Å²) in [6.45, 7) is 8.32. The van der Waals surface area contributed by atoms with Gasteiger partial charge in [0.05, 0.1) is 31.3 Å². The number of rotatable bonds is 11. The molecule has 0 aliphatic carbocycles. The number of carbonyl (C=O) groups is 1. The zero-order chi connectivity index (χ0) is 27.9. The molecule has 1 amide bonds. The average Bonchev–Trinajstić information content (AvgIpc) is 2.89. The first-order valence-electron chi connectivity index (χ1n) is 12.3. The van der Waals surface area contributed by atoms with Crippen molar-refractivity contribution in [3.05, 3.63) is 77.9 Å². The Labute approximate surface area is 225 Å². The van der Waals surface area contributed by atoms with E-state index in [0.717, 1.165) is 9.87 Å². The Kier molecular flexibility index (Phi) is 9.27. The monoisotopic (exact) mass is 540 g/mol. The molecular formula is C29H36N2O6S. The Morgan fingerprint density at radius 2 is 1.53 bits per heavy atom. The fourth-order valence-corrected chi connectivity index (χ4v) is 5.14. The Morgan fingerprint density at radius 3 is 2.11 bits per heavy atom. The first-order chi connectivity index (χ1) is 18.0. The lowest BCUT2D eigenvalue weighted by atomic mass is 9.87. The molecule has 0 heterocycles. The second-order valence-electron chi connectivity index (χ2n) is 9.84. The van der Waals surface area contributed by atoms with Gasteiger partial charge in [0.15, 0.2) is 11.5 Å². The molecule has 3 rings (SSSR count). The topological polar surface area (TPSA) is 94.2 Å². The van der Waals surface area contributed by atoms with Crippen molar-refractivity contribution in [1.29, 1.82) is 0 Å². The molecule has 3 aromatic carbocycles. The molecule has 0 bridgehead atoms. The first-order valence-corrected chi connectivity index (χ1v) is 13.7. The SMILES string of the molecule is COc1ccc(N(CC(=O)NCCOc2ccc(C(C)(C)C)cc2)S(=O)(=O)c2ccc(C)cc2)cc1OC. The van der Waals surface area contributed by atoms with Crippen LogP contribution in [0.25, 0.3) is 0 Å². The van der Waals surface area contributed by atoms with E-state index in [1.165, 1.54) is 38.0 Å². The summed E-state index contributed by atoms with van der Waals surface area (Å²) >= 11 is 0. The number of benzene rings is 3. The largest absolute Gasteiger partial charge is 0.493 e. The number of aryl methyl sites for hydroxylation is 1. The number of anilines is 1. The Hall–Kier alpha value is -3.72. The maximum absolute atomic E-state index is 13.6. The van der Waals surface area contributed by atoms with E-state index in [9.17, 15) is 13.2 Å². The van der Waals surface area contributed by atoms with Crippen molar-refractivity contribution < 1.29 is 27.4 Å². The quantitative estimate of drug-likeness (QED) is 0.355. The third kappa shape index (κ3) is 7.19. The highest BCUT2D eigenvalue weighted by Crippen LogP contribution is 2.33. The predicted octanol–water partition coefficient (Wildman–Crippen LogP) is 4.70. The number of carbonyl (C=O) groups excluding carboxylic acids is 1. The lowest BCUT2D eigenvalue weighted by molar-refractivity contribution is -0.119. The highest BCUT2D eigenvalue weighted by molar-refractivity contribution is 7.92. The molecule has 38 heavy (non-hydrogen) atoms. The van der Waals surface area contributed by atoms with Crippen molar-refractivity contribution in [2.24, 2.45) is 0 Å². The second-order valence-corrected chi connectivity index (χ2v) is 11.7. The van der Waals surface area contributed by atoms with Crippen LogP contribution < -0.4 is 23.8 Å². The van der Waals surface area contributed by atoms with Gasteiger partial charge in [-0.3, -0.25) is 9.10 Å². The highest BCUT2D eigenvalue weighted by Gasteiger charge is 2.28. The molecule has 0 spiro atoms. The summed E-state index contributed by atoms with van der Waals surface area (Å²) in [5, 5.41) is 2.75. The van der Waals surface area contributed by atoms with Gasteiger partial charge in [0.1, 0.15) is 18.9 Å². The fourth-order valence-electron chi connectivity index (χ4n) is 3.73. The molecule has 9 heteroatoms. The van der Waals surface area contributed by atoms with Gasteiger partial charge < -0.3 is 19.5 Å². The summed E-state index contributed by atoms with van der Waals surface area (Å²) in [7, 11) is -1.10. The van der Waals surface area contributed by atoms with Gasteiger partial charge in [-0.15, -0.1) is 0 Å². The van der Waals surface area contributed by atoms with Gasteiger partial charge >= 0.3 is 0 Å². The molecule has 0 unspecified atom stereocenters. The Morgan fingerprint density at radius 1 is 0.895 bits per heavy atom. The molecule has 0 aliphatic heterocycles. The van der Waals surface area contributed by atoms with Crippen molar-refractivity contribution in [3.8, 4) is 17.2 Å². The summed E-state index contributed by atoms with van der Waals surface area (Å²) in [6, 6.07) is 19.0. The average molecular weight is 541 g/mol. The minimum Gasteiger partial charge on any atom is -0.493 e. The molecule has 0 atom stereocenters. The summed E-state index contributed by atoms with van der Waals surface area (Å²) in [5.41, 5.74) is 2.44. The van der Waals surface area contributed by atoms with Gasteiger partial charge in [0, 0.05) is 6.07 Å². The van der Waals surface area contributed by atoms with Crippen LogP contribution in [-0.4, -0.2) is 48.2 Å². The molecule has 1 N–H and O–H groups in total. The van der Waals surface area contributed by atoms with Crippen LogP contribution >= 0.6 is 0 Å². The Bertz CT molecular complexity index is 1330. The number of hydrogen-bond acceptors (Lipinski definition) is 6. The second kappa shape index (κ2) is 12.2. The molecular weight excluding hydrogens is 504 g/mol. The first kappa shape index (κ1) is 28.8. The van der Waals surface area contributed by atoms with Crippen LogP contribution in [0.2, 0.25) is 0 Å². The molecule has 0 radical (unpaired) electrons. The normalized spacial score (nSPS) is 11.5. The maximum Gasteiger partial charge on any atom is 0.264 e. The van der Waals surface area contributed by atoms with Crippen LogP contribution in [0.1, 0.15) is 31.9 Å². The van der Waals surface area contributed by atoms with Gasteiger partial charge in [-0.25, -0.2) is 8.42 Å². The van der Waals surface area contributed by atoms with Gasteiger partial charge in [0.25, 0.3) is 10.0 Å². The molecule has 8 nitrogen and oxygen atoms in total. The molecule has 0 saturated heterocycles. The lowest BCUT2D eigenvalue weighted by Gasteiger charge is -2.25. The van der Waals surface area contributed by atoms with Crippen molar-refractivity contribution in [2.75, 3.05) is 38.2 Å². The molecule has 204 valence electrons. The number of nitrogens with one attached hydrogen (secondary N) is 1. The minimum atomic E-state index is -4.06. The summed E-state index contributed by atoms with van der Waals surface area (Å²) < 4.78 is 44.6. The van der Waals surface area contributed by atoms with E-state index in [1.807, 2.05) is 31.2 Å². The number of sulfonamides is 1. The molecule has 0 aromatic heterocycles. The smallest absolute Gasteiger partial charge is 0.264 e. The summed E-state index contributed by atoms with van der Waals surface area (Å²) in [5.74, 6) is 1.02. The summed E-state index contributed by atoms with van der Waals surface area (Å²) in [4.78, 5) is 13.0. The van der Waals surface area contributed by atoms with Gasteiger partial charge in [-0.2, -0.15) is 0 Å². The lowest BCUT2D eigenvalue weighted by Crippen LogP contribution is -2.42. The zero-order valence-electron chi connectivity index (χ0n) is 22.8. The van der Waals surface area contributed by atoms with E-state index in [-0.39, 0.29) is 29.1 Å². The van der Waals surface area contributed by atoms with Gasteiger partial charge in [-0.05, 0) is 54.3 Å². The van der Waals surface area contributed by atoms with Crippen molar-refractivity contribution >= 4 is 21.6 Å². The minimum absolute atomic E-state index is 0.0468. The number of methoxy groups -OCH3 is 2. The number of amides is 1. The predicted molar refractivity (Wildman–Crippen MR) is 149 cm³/mol. The molecule has 0 saturated carbocycles. The number of hydrogen-bond donors (Lipinski definition) is 1. The molecule has 3 aromatic rings. The fraction of sp³-hybridized carbons (Fsp3) is 0.345. The summed E-state index contributed by atoms with van der Waals surface area (Å²) in [6.07, 6.45) is 0. The van der Waals surface area contributed by atoms with Gasteiger partial charge in [-0.1, -0.05) is 50.6 Å². The van der Waals surface area contributed by atoms with Crippen LogP contribution in [0.4, 0.5) is 5.69 Å². The van der Waals surface area contributed by atoms with E-state index < -0.39 is 22.5 Å². The molecule has 0 aliphatic rings. The van der Waals surface area contributed by atoms with E-state index in [2.05, 4.69) is 26.1 Å². The number of ether oxygens (including phenoxy) is 3. The van der Waals surface area contributed by atoms with Crippen molar-refractivity contribution in [3.63, 3.8) is 0 Å². The van der Waals surface area contributed by atoms with Crippen LogP contribution in [-0.2, 0) is 20.2 Å². The van der Waals surface area contributed by atoms with E-state index in [4.69, 9.17) is 14.2 Å². The van der Waals surface area contributed by atoms with Gasteiger partial charge in [0.2, 0.25) is 5.91 Å². The van der Waals surface area contributed by atoms with E-state index in [0.29, 0.717) is 17.2 Å². The van der Waals surface area contributed by atoms with E-state index in [1.54, 1.807) is 24.3 Å². The van der Waals surface area contributed by atoms with Crippen LogP contribution in [0.5, 0.6) is 17.2 Å². The highest BCUT2D eigenvalue weighted by atomic mass is 32.2. The Balaban J connectivity index is 1.73. The van der Waals surface area contributed by atoms with Crippen LogP contribution in [0, 0.1) is 6.92 Å². The van der Waals surface area contributed by atoms with Crippen LogP contribution in [0.3, 0.4) is 0 Å². The third-order valence-electron chi connectivity index (χ3n) is 5.96. The molecule has 0 fully saturated rings. The number of nitrogens with zero attached hydrogens (tertiary/aromatic N) is 1. The zero-order valence-corrected chi connectivity index (χ0v) is 23.6. The maximum atomic E-state index is 13.6. The van der Waals surface area contributed by atoms with Crippen molar-refractivity contribution in [1.82, 2.24) is 5.32 Å². The third-order valence-corrected chi connectivity index (χ3v) is 7.75. The van der Waals surface area contributed by atoms with E-state index >= 15 is 0 Å². The van der Waals surface area contributed by atoms with Crippen LogP contribution in [0.15, 0.2) is 71.6 Å². The standard InChI is InChI=1S/C29H36N2O6S/c1-21-7-14-25(15-8-21)38(33,34)31(23-11-16-26(35-5)27(19-23)36-6)20-28(32)30-17-18-37-24-12-9-22(10-13-24)29(2,3)4/h7-16,19H,17-18,20H2,1-6H3,(H,30,32).